The maximum atomic E-state index is 12.5. The molecule has 0 saturated carbocycles. The van der Waals surface area contributed by atoms with Crippen molar-refractivity contribution >= 4 is 29.9 Å². The van der Waals surface area contributed by atoms with Crippen LogP contribution in [0.2, 0.25) is 0 Å². The molecule has 26 heavy (non-hydrogen) atoms. The van der Waals surface area contributed by atoms with Gasteiger partial charge in [0, 0.05) is 25.1 Å². The molecule has 2 heterocycles. The van der Waals surface area contributed by atoms with Crippen LogP contribution in [0.15, 0.2) is 18.2 Å². The van der Waals surface area contributed by atoms with E-state index in [9.17, 15) is 9.59 Å². The van der Waals surface area contributed by atoms with Gasteiger partial charge in [-0.25, -0.2) is 0 Å². The van der Waals surface area contributed by atoms with E-state index >= 15 is 0 Å². The number of nitrogens with zero attached hydrogens (tertiary/aromatic N) is 1. The predicted octanol–water partition coefficient (Wildman–Crippen LogP) is 1.35. The molecule has 0 aliphatic carbocycles. The van der Waals surface area contributed by atoms with Crippen LogP contribution in [0, 0.1) is 5.92 Å². The Balaban J connectivity index is 0.00000243. The van der Waals surface area contributed by atoms with Crippen molar-refractivity contribution in [1.29, 1.82) is 0 Å². The van der Waals surface area contributed by atoms with E-state index in [1.54, 1.807) is 37.3 Å². The van der Waals surface area contributed by atoms with Crippen LogP contribution in [-0.2, 0) is 9.59 Å². The third kappa shape index (κ3) is 4.40. The number of methoxy groups -OCH3 is 2. The van der Waals surface area contributed by atoms with Crippen molar-refractivity contribution < 1.29 is 19.1 Å². The average molecular weight is 384 g/mol. The van der Waals surface area contributed by atoms with Crippen molar-refractivity contribution in [2.75, 3.05) is 38.8 Å². The maximum absolute atomic E-state index is 12.5. The molecule has 1 unspecified atom stereocenters. The van der Waals surface area contributed by atoms with Crippen LogP contribution >= 0.6 is 12.4 Å². The first-order valence-electron chi connectivity index (χ1n) is 8.66. The molecule has 3 rings (SSSR count). The van der Waals surface area contributed by atoms with Crippen LogP contribution in [0.25, 0.3) is 0 Å². The number of hydrogen-bond donors (Lipinski definition) is 2. The molecular weight excluding hydrogens is 358 g/mol. The summed E-state index contributed by atoms with van der Waals surface area (Å²) < 4.78 is 10.6. The zero-order chi connectivity index (χ0) is 17.8. The monoisotopic (exact) mass is 383 g/mol. The third-order valence-electron chi connectivity index (χ3n) is 4.86. The highest BCUT2D eigenvalue weighted by molar-refractivity contribution is 6.01. The standard InChI is InChI=1S/C18H25N3O4.ClH/c1-24-14-3-4-15(16(10-14)25-2)21-11-12(9-17(21)22)18(23)20-13-5-7-19-8-6-13;/h3-4,10,12-13,19H,5-9,11H2,1-2H3,(H,20,23);1H. The van der Waals surface area contributed by atoms with E-state index in [2.05, 4.69) is 10.6 Å². The number of carbonyl (C=O) groups is 2. The summed E-state index contributed by atoms with van der Waals surface area (Å²) in [7, 11) is 3.14. The SMILES string of the molecule is COc1ccc(N2CC(C(=O)NC3CCNCC3)CC2=O)c(OC)c1.Cl. The zero-order valence-electron chi connectivity index (χ0n) is 15.1. The van der Waals surface area contributed by atoms with Gasteiger partial charge in [0.2, 0.25) is 11.8 Å². The Morgan fingerprint density at radius 3 is 2.62 bits per heavy atom. The fraction of sp³-hybridized carbons (Fsp3) is 0.556. The van der Waals surface area contributed by atoms with E-state index in [1.807, 2.05) is 0 Å². The predicted molar refractivity (Wildman–Crippen MR) is 101 cm³/mol. The molecule has 1 atom stereocenters. The highest BCUT2D eigenvalue weighted by atomic mass is 35.5. The molecule has 8 heteroatoms. The van der Waals surface area contributed by atoms with Crippen LogP contribution in [-0.4, -0.2) is 51.7 Å². The summed E-state index contributed by atoms with van der Waals surface area (Å²) in [6.45, 7) is 2.21. The molecule has 2 fully saturated rings. The smallest absolute Gasteiger partial charge is 0.227 e. The molecule has 1 aromatic rings. The minimum Gasteiger partial charge on any atom is -0.497 e. The van der Waals surface area contributed by atoms with Crippen molar-refractivity contribution in [3.63, 3.8) is 0 Å². The molecule has 0 bridgehead atoms. The number of hydrogen-bond acceptors (Lipinski definition) is 5. The van der Waals surface area contributed by atoms with Crippen LogP contribution < -0.4 is 25.0 Å². The molecule has 7 nitrogen and oxygen atoms in total. The minimum atomic E-state index is -0.325. The first kappa shape index (κ1) is 20.3. The molecule has 2 N–H and O–H groups in total. The maximum Gasteiger partial charge on any atom is 0.227 e. The number of anilines is 1. The fourth-order valence-electron chi connectivity index (χ4n) is 3.41. The van der Waals surface area contributed by atoms with E-state index in [-0.39, 0.29) is 42.6 Å². The Morgan fingerprint density at radius 2 is 1.96 bits per heavy atom. The highest BCUT2D eigenvalue weighted by Gasteiger charge is 2.37. The van der Waals surface area contributed by atoms with Gasteiger partial charge >= 0.3 is 0 Å². The van der Waals surface area contributed by atoms with Gasteiger partial charge in [0.05, 0.1) is 25.8 Å². The van der Waals surface area contributed by atoms with Gasteiger partial charge in [0.25, 0.3) is 0 Å². The van der Waals surface area contributed by atoms with E-state index in [1.165, 1.54) is 0 Å². The lowest BCUT2D eigenvalue weighted by atomic mass is 10.0. The van der Waals surface area contributed by atoms with Crippen molar-refractivity contribution in [2.24, 2.45) is 5.92 Å². The van der Waals surface area contributed by atoms with Gasteiger partial charge < -0.3 is 25.0 Å². The summed E-state index contributed by atoms with van der Waals surface area (Å²) >= 11 is 0. The van der Waals surface area contributed by atoms with Gasteiger partial charge in [-0.15, -0.1) is 12.4 Å². The van der Waals surface area contributed by atoms with Crippen LogP contribution in [0.4, 0.5) is 5.69 Å². The van der Waals surface area contributed by atoms with E-state index in [0.29, 0.717) is 23.7 Å². The molecular formula is C18H26ClN3O4. The molecule has 0 spiro atoms. The van der Waals surface area contributed by atoms with Crippen LogP contribution in [0.3, 0.4) is 0 Å². The number of nitrogens with one attached hydrogen (secondary N) is 2. The largest absolute Gasteiger partial charge is 0.497 e. The summed E-state index contributed by atoms with van der Waals surface area (Å²) in [5.74, 6) is 0.804. The molecule has 2 amide bonds. The Kier molecular flexibility index (Phi) is 7.11. The molecule has 1 aromatic carbocycles. The minimum absolute atomic E-state index is 0. The molecule has 0 aromatic heterocycles. The van der Waals surface area contributed by atoms with Crippen molar-refractivity contribution in [3.05, 3.63) is 18.2 Å². The molecule has 2 aliphatic heterocycles. The van der Waals surface area contributed by atoms with Gasteiger partial charge in [0.1, 0.15) is 11.5 Å². The van der Waals surface area contributed by atoms with Crippen LogP contribution in [0.5, 0.6) is 11.5 Å². The zero-order valence-corrected chi connectivity index (χ0v) is 15.9. The Hall–Kier alpha value is -1.99. The quantitative estimate of drug-likeness (QED) is 0.802. The second-order valence-electron chi connectivity index (χ2n) is 6.48. The summed E-state index contributed by atoms with van der Waals surface area (Å²) in [4.78, 5) is 26.6. The highest BCUT2D eigenvalue weighted by Crippen LogP contribution is 2.35. The lowest BCUT2D eigenvalue weighted by molar-refractivity contribution is -0.127. The summed E-state index contributed by atoms with van der Waals surface area (Å²) in [6, 6.07) is 5.52. The van der Waals surface area contributed by atoms with Gasteiger partial charge in [-0.2, -0.15) is 0 Å². The number of rotatable bonds is 5. The number of amides is 2. The van der Waals surface area contributed by atoms with Gasteiger partial charge in [0.15, 0.2) is 0 Å². The summed E-state index contributed by atoms with van der Waals surface area (Å²) in [5, 5.41) is 6.37. The lowest BCUT2D eigenvalue weighted by Crippen LogP contribution is -2.45. The van der Waals surface area contributed by atoms with Crippen LogP contribution in [0.1, 0.15) is 19.3 Å². The number of halogens is 1. The molecule has 144 valence electrons. The second kappa shape index (κ2) is 9.09. The number of ether oxygens (including phenoxy) is 2. The average Bonchev–Trinajstić information content (AvgIpc) is 3.03. The van der Waals surface area contributed by atoms with E-state index in [4.69, 9.17) is 9.47 Å². The lowest BCUT2D eigenvalue weighted by Gasteiger charge is -2.25. The first-order chi connectivity index (χ1) is 12.1. The Bertz CT molecular complexity index is 649. The Morgan fingerprint density at radius 1 is 1.23 bits per heavy atom. The van der Waals surface area contributed by atoms with E-state index in [0.717, 1.165) is 25.9 Å². The normalized spacial score (nSPS) is 20.5. The summed E-state index contributed by atoms with van der Waals surface area (Å²) in [5.41, 5.74) is 0.672. The third-order valence-corrected chi connectivity index (χ3v) is 4.86. The molecule has 0 radical (unpaired) electrons. The number of carbonyl (C=O) groups excluding carboxylic acids is 2. The second-order valence-corrected chi connectivity index (χ2v) is 6.48. The van der Waals surface area contributed by atoms with Crippen molar-refractivity contribution in [3.8, 4) is 11.5 Å². The van der Waals surface area contributed by atoms with Gasteiger partial charge in [-0.05, 0) is 38.1 Å². The molecule has 2 aliphatic rings. The topological polar surface area (TPSA) is 79.9 Å². The number of piperidine rings is 1. The van der Waals surface area contributed by atoms with Crippen molar-refractivity contribution in [1.82, 2.24) is 10.6 Å². The molecule has 2 saturated heterocycles. The first-order valence-corrected chi connectivity index (χ1v) is 8.66. The van der Waals surface area contributed by atoms with Crippen molar-refractivity contribution in [2.45, 2.75) is 25.3 Å². The summed E-state index contributed by atoms with van der Waals surface area (Å²) in [6.07, 6.45) is 2.09. The van der Waals surface area contributed by atoms with Gasteiger partial charge in [-0.1, -0.05) is 0 Å². The van der Waals surface area contributed by atoms with Gasteiger partial charge in [-0.3, -0.25) is 9.59 Å². The fourth-order valence-corrected chi connectivity index (χ4v) is 3.41. The number of benzene rings is 1. The Labute approximate surface area is 159 Å². The van der Waals surface area contributed by atoms with E-state index < -0.39 is 0 Å².